The van der Waals surface area contributed by atoms with Crippen molar-refractivity contribution in [1.82, 2.24) is 9.88 Å². The van der Waals surface area contributed by atoms with E-state index in [1.165, 1.54) is 11.0 Å². The molecule has 7 heteroatoms. The van der Waals surface area contributed by atoms with Gasteiger partial charge in [0.15, 0.2) is 0 Å². The van der Waals surface area contributed by atoms with Crippen LogP contribution in [0, 0.1) is 0 Å². The number of ketones is 1. The first kappa shape index (κ1) is 21.6. The van der Waals surface area contributed by atoms with E-state index in [4.69, 9.17) is 16.3 Å². The molecule has 1 fully saturated rings. The first-order valence-electron chi connectivity index (χ1n) is 10.2. The molecule has 0 saturated carbocycles. The highest BCUT2D eigenvalue weighted by atomic mass is 35.5. The van der Waals surface area contributed by atoms with Crippen molar-refractivity contribution in [2.24, 2.45) is 0 Å². The Hall–Kier alpha value is -3.64. The maximum Gasteiger partial charge on any atom is 0.295 e. The number of hydrogen-bond acceptors (Lipinski definition) is 5. The number of likely N-dealkylation sites (tertiary alicyclic amines) is 1. The number of aliphatic hydroxyl groups excluding tert-OH is 1. The number of amides is 1. The molecule has 0 spiro atoms. The molecule has 1 aromatic heterocycles. The average Bonchev–Trinajstić information content (AvgIpc) is 3.06. The van der Waals surface area contributed by atoms with Crippen LogP contribution < -0.4 is 4.74 Å². The Kier molecular flexibility index (Phi) is 6.23. The van der Waals surface area contributed by atoms with Crippen LogP contribution in [0.2, 0.25) is 5.02 Å². The van der Waals surface area contributed by atoms with Crippen LogP contribution >= 0.6 is 11.6 Å². The zero-order valence-electron chi connectivity index (χ0n) is 17.4. The molecule has 32 heavy (non-hydrogen) atoms. The second kappa shape index (κ2) is 9.24. The van der Waals surface area contributed by atoms with Gasteiger partial charge in [-0.15, -0.1) is 0 Å². The predicted octanol–water partition coefficient (Wildman–Crippen LogP) is 4.76. The van der Waals surface area contributed by atoms with E-state index >= 15 is 0 Å². The Morgan fingerprint density at radius 1 is 1.12 bits per heavy atom. The largest absolute Gasteiger partial charge is 0.507 e. The van der Waals surface area contributed by atoms with E-state index in [0.29, 0.717) is 28.5 Å². The summed E-state index contributed by atoms with van der Waals surface area (Å²) in [6, 6.07) is 16.8. The van der Waals surface area contributed by atoms with E-state index in [9.17, 15) is 14.7 Å². The number of benzene rings is 2. The minimum Gasteiger partial charge on any atom is -0.507 e. The monoisotopic (exact) mass is 448 g/mol. The maximum absolute atomic E-state index is 13.1. The van der Waals surface area contributed by atoms with Crippen molar-refractivity contribution >= 4 is 29.1 Å². The summed E-state index contributed by atoms with van der Waals surface area (Å²) < 4.78 is 5.44. The molecule has 1 aliphatic heterocycles. The fourth-order valence-corrected chi connectivity index (χ4v) is 4.02. The summed E-state index contributed by atoms with van der Waals surface area (Å²) in [5, 5.41) is 11.4. The summed E-state index contributed by atoms with van der Waals surface area (Å²) in [5.74, 6) is -1.23. The maximum atomic E-state index is 13.1. The van der Waals surface area contributed by atoms with Crippen LogP contribution in [-0.2, 0) is 16.1 Å². The van der Waals surface area contributed by atoms with Gasteiger partial charge in [-0.25, -0.2) is 0 Å². The summed E-state index contributed by atoms with van der Waals surface area (Å²) >= 11 is 6.29. The lowest BCUT2D eigenvalue weighted by Gasteiger charge is -2.25. The molecule has 1 saturated heterocycles. The van der Waals surface area contributed by atoms with Gasteiger partial charge in [0, 0.05) is 24.5 Å². The molecule has 2 heterocycles. The fraction of sp³-hybridized carbons (Fsp3) is 0.160. The average molecular weight is 449 g/mol. The van der Waals surface area contributed by atoms with Gasteiger partial charge in [0.25, 0.3) is 11.7 Å². The lowest BCUT2D eigenvalue weighted by molar-refractivity contribution is -0.140. The van der Waals surface area contributed by atoms with Crippen LogP contribution in [0.4, 0.5) is 0 Å². The smallest absolute Gasteiger partial charge is 0.295 e. The predicted molar refractivity (Wildman–Crippen MR) is 121 cm³/mol. The molecule has 0 bridgehead atoms. The van der Waals surface area contributed by atoms with Crippen molar-refractivity contribution in [2.75, 3.05) is 6.61 Å². The van der Waals surface area contributed by atoms with Crippen LogP contribution in [0.5, 0.6) is 5.75 Å². The molecule has 1 atom stereocenters. The van der Waals surface area contributed by atoms with E-state index in [-0.39, 0.29) is 17.9 Å². The number of ether oxygens (including phenoxy) is 1. The third kappa shape index (κ3) is 4.09. The Morgan fingerprint density at radius 2 is 1.91 bits per heavy atom. The molecule has 2 aromatic carbocycles. The Bertz CT molecular complexity index is 1180. The van der Waals surface area contributed by atoms with E-state index in [1.54, 1.807) is 30.6 Å². The van der Waals surface area contributed by atoms with Crippen LogP contribution in [0.25, 0.3) is 5.76 Å². The molecule has 162 valence electrons. The summed E-state index contributed by atoms with van der Waals surface area (Å²) in [5.41, 5.74) is 1.85. The highest BCUT2D eigenvalue weighted by molar-refractivity contribution is 6.46. The summed E-state index contributed by atoms with van der Waals surface area (Å²) in [4.78, 5) is 31.6. The number of aromatic nitrogens is 1. The zero-order valence-corrected chi connectivity index (χ0v) is 18.1. The lowest BCUT2D eigenvalue weighted by atomic mass is 9.95. The summed E-state index contributed by atoms with van der Waals surface area (Å²) in [7, 11) is 0. The number of nitrogens with zero attached hydrogens (tertiary/aromatic N) is 2. The number of carbonyl (C=O) groups excluding carboxylic acids is 2. The van der Waals surface area contributed by atoms with Crippen LogP contribution in [0.3, 0.4) is 0 Å². The highest BCUT2D eigenvalue weighted by Gasteiger charge is 2.46. The topological polar surface area (TPSA) is 79.7 Å². The quantitative estimate of drug-likeness (QED) is 0.334. The number of rotatable bonds is 6. The van der Waals surface area contributed by atoms with Crippen molar-refractivity contribution < 1.29 is 19.4 Å². The van der Waals surface area contributed by atoms with Gasteiger partial charge in [0.05, 0.1) is 23.2 Å². The number of hydrogen-bond donors (Lipinski definition) is 1. The second-order valence-corrected chi connectivity index (χ2v) is 7.68. The normalized spacial score (nSPS) is 17.6. The molecule has 0 unspecified atom stereocenters. The molecule has 0 aliphatic carbocycles. The van der Waals surface area contributed by atoms with Gasteiger partial charge in [0.2, 0.25) is 0 Å². The van der Waals surface area contributed by atoms with Crippen LogP contribution in [0.1, 0.15) is 29.7 Å². The first-order valence-corrected chi connectivity index (χ1v) is 10.5. The SMILES string of the molecule is CCOc1ccc(/C(O)=C2\C(=O)C(=O)N(Cc3cccnc3)[C@H]2c2ccccc2)cc1Cl. The van der Waals surface area contributed by atoms with Crippen LogP contribution in [0.15, 0.2) is 78.6 Å². The molecule has 0 radical (unpaired) electrons. The molecule has 1 amide bonds. The molecule has 1 N–H and O–H groups in total. The minimum absolute atomic E-state index is 0.0188. The summed E-state index contributed by atoms with van der Waals surface area (Å²) in [6.45, 7) is 2.46. The zero-order chi connectivity index (χ0) is 22.7. The van der Waals surface area contributed by atoms with Crippen molar-refractivity contribution in [3.8, 4) is 5.75 Å². The van der Waals surface area contributed by atoms with Crippen molar-refractivity contribution in [1.29, 1.82) is 0 Å². The summed E-state index contributed by atoms with van der Waals surface area (Å²) in [6.07, 6.45) is 3.29. The van der Waals surface area contributed by atoms with Crippen molar-refractivity contribution in [2.45, 2.75) is 19.5 Å². The van der Waals surface area contributed by atoms with Gasteiger partial charge in [0.1, 0.15) is 11.5 Å². The molecule has 1 aliphatic rings. The fourth-order valence-electron chi connectivity index (χ4n) is 3.79. The third-order valence-electron chi connectivity index (χ3n) is 5.24. The number of Topliss-reactive ketones (excluding diaryl/α,β-unsaturated/α-hetero) is 1. The van der Waals surface area contributed by atoms with Crippen molar-refractivity contribution in [3.05, 3.63) is 100 Å². The number of halogens is 1. The van der Waals surface area contributed by atoms with Gasteiger partial charge in [-0.2, -0.15) is 0 Å². The van der Waals surface area contributed by atoms with Crippen LogP contribution in [-0.4, -0.2) is 33.3 Å². The van der Waals surface area contributed by atoms with E-state index < -0.39 is 17.7 Å². The Labute approximate surface area is 190 Å². The first-order chi connectivity index (χ1) is 15.5. The van der Waals surface area contributed by atoms with Gasteiger partial charge >= 0.3 is 0 Å². The number of aliphatic hydroxyl groups is 1. The highest BCUT2D eigenvalue weighted by Crippen LogP contribution is 2.41. The van der Waals surface area contributed by atoms with Gasteiger partial charge < -0.3 is 14.7 Å². The molecule has 6 nitrogen and oxygen atoms in total. The third-order valence-corrected chi connectivity index (χ3v) is 5.53. The van der Waals surface area contributed by atoms with Crippen molar-refractivity contribution in [3.63, 3.8) is 0 Å². The van der Waals surface area contributed by atoms with E-state index in [1.807, 2.05) is 43.3 Å². The molecule has 4 rings (SSSR count). The van der Waals surface area contributed by atoms with Gasteiger partial charge in [-0.3, -0.25) is 14.6 Å². The van der Waals surface area contributed by atoms with Gasteiger partial charge in [-0.05, 0) is 42.3 Å². The lowest BCUT2D eigenvalue weighted by Crippen LogP contribution is -2.29. The van der Waals surface area contributed by atoms with E-state index in [2.05, 4.69) is 4.98 Å². The molecular formula is C25H21ClN2O4. The Morgan fingerprint density at radius 3 is 2.56 bits per heavy atom. The number of pyridine rings is 1. The minimum atomic E-state index is -0.748. The molecule has 3 aromatic rings. The molecular weight excluding hydrogens is 428 g/mol. The standard InChI is InChI=1S/C25H21ClN2O4/c1-2-32-20-11-10-18(13-19(20)26)23(29)21-22(17-8-4-3-5-9-17)28(25(31)24(21)30)15-16-7-6-12-27-14-16/h3-14,22,29H,2,15H2,1H3/b23-21+/t22-/m0/s1. The van der Waals surface area contributed by atoms with E-state index in [0.717, 1.165) is 5.56 Å². The van der Waals surface area contributed by atoms with Gasteiger partial charge in [-0.1, -0.05) is 48.0 Å². The second-order valence-electron chi connectivity index (χ2n) is 7.28. The number of carbonyl (C=O) groups is 2. The Balaban J connectivity index is 1.83.